The van der Waals surface area contributed by atoms with Crippen LogP contribution in [-0.4, -0.2) is 34.5 Å². The SMILES string of the molecule is CCCC(NC(N)=O)C(=O)C(N)(C(=O)O)C(C)C. The highest BCUT2D eigenvalue weighted by atomic mass is 16.4. The molecule has 0 spiro atoms. The molecule has 2 unspecified atom stereocenters. The number of carbonyl (C=O) groups is 3. The summed E-state index contributed by atoms with van der Waals surface area (Å²) < 4.78 is 0. The zero-order valence-electron chi connectivity index (χ0n) is 10.9. The van der Waals surface area contributed by atoms with Crippen LogP contribution in [0.3, 0.4) is 0 Å². The van der Waals surface area contributed by atoms with Crippen molar-refractivity contribution in [2.75, 3.05) is 0 Å². The molecule has 0 aliphatic heterocycles. The highest BCUT2D eigenvalue weighted by Gasteiger charge is 2.47. The van der Waals surface area contributed by atoms with Gasteiger partial charge in [-0.25, -0.2) is 9.59 Å². The molecule has 0 aliphatic carbocycles. The third kappa shape index (κ3) is 3.43. The molecule has 0 rings (SSSR count). The topological polar surface area (TPSA) is 136 Å². The number of carbonyl (C=O) groups excluding carboxylic acids is 2. The van der Waals surface area contributed by atoms with Gasteiger partial charge in [-0.05, 0) is 12.3 Å². The van der Waals surface area contributed by atoms with Gasteiger partial charge in [0.25, 0.3) is 0 Å². The van der Waals surface area contributed by atoms with Crippen molar-refractivity contribution in [1.29, 1.82) is 0 Å². The minimum Gasteiger partial charge on any atom is -0.480 e. The van der Waals surface area contributed by atoms with Gasteiger partial charge in [-0.2, -0.15) is 0 Å². The summed E-state index contributed by atoms with van der Waals surface area (Å²) in [7, 11) is 0. The van der Waals surface area contributed by atoms with Crippen molar-refractivity contribution in [2.45, 2.75) is 45.2 Å². The predicted molar refractivity (Wildman–Crippen MR) is 65.8 cm³/mol. The molecule has 6 N–H and O–H groups in total. The number of primary amides is 1. The van der Waals surface area contributed by atoms with Crippen molar-refractivity contribution in [3.8, 4) is 0 Å². The summed E-state index contributed by atoms with van der Waals surface area (Å²) in [6, 6.07) is -1.85. The van der Waals surface area contributed by atoms with Gasteiger partial charge in [-0.3, -0.25) is 4.79 Å². The second-order valence-corrected chi connectivity index (χ2v) is 4.54. The molecule has 2 atom stereocenters. The Bertz CT molecular complexity index is 343. The van der Waals surface area contributed by atoms with Crippen LogP contribution in [0.4, 0.5) is 4.79 Å². The van der Waals surface area contributed by atoms with Gasteiger partial charge >= 0.3 is 12.0 Å². The maximum absolute atomic E-state index is 12.2. The van der Waals surface area contributed by atoms with Crippen LogP contribution in [-0.2, 0) is 9.59 Å². The molecular weight excluding hydrogens is 238 g/mol. The first-order chi connectivity index (χ1) is 8.17. The van der Waals surface area contributed by atoms with Gasteiger partial charge in [-0.1, -0.05) is 27.2 Å². The van der Waals surface area contributed by atoms with Crippen molar-refractivity contribution in [3.63, 3.8) is 0 Å². The summed E-state index contributed by atoms with van der Waals surface area (Å²) >= 11 is 0. The third-order valence-electron chi connectivity index (χ3n) is 2.88. The number of hydrogen-bond donors (Lipinski definition) is 4. The smallest absolute Gasteiger partial charge is 0.331 e. The van der Waals surface area contributed by atoms with Crippen LogP contribution in [0.5, 0.6) is 0 Å². The molecular formula is C11H21N3O4. The summed E-state index contributed by atoms with van der Waals surface area (Å²) in [4.78, 5) is 34.2. The number of carboxylic acid groups (broad SMARTS) is 1. The minimum absolute atomic E-state index is 0.292. The van der Waals surface area contributed by atoms with Gasteiger partial charge in [0, 0.05) is 0 Å². The van der Waals surface area contributed by atoms with Crippen LogP contribution in [0, 0.1) is 5.92 Å². The van der Waals surface area contributed by atoms with E-state index in [2.05, 4.69) is 5.32 Å². The number of amides is 2. The Hall–Kier alpha value is -1.63. The second-order valence-electron chi connectivity index (χ2n) is 4.54. The van der Waals surface area contributed by atoms with Gasteiger partial charge in [0.2, 0.25) is 0 Å². The van der Waals surface area contributed by atoms with Crippen molar-refractivity contribution >= 4 is 17.8 Å². The minimum atomic E-state index is -2.03. The third-order valence-corrected chi connectivity index (χ3v) is 2.88. The Morgan fingerprint density at radius 1 is 1.33 bits per heavy atom. The number of urea groups is 1. The molecule has 18 heavy (non-hydrogen) atoms. The number of rotatable bonds is 7. The molecule has 0 bridgehead atoms. The van der Waals surface area contributed by atoms with E-state index in [1.807, 2.05) is 0 Å². The quantitative estimate of drug-likeness (QED) is 0.471. The summed E-state index contributed by atoms with van der Waals surface area (Å²) in [5.74, 6) is -2.74. The number of nitrogens with two attached hydrogens (primary N) is 2. The van der Waals surface area contributed by atoms with Gasteiger partial charge in [-0.15, -0.1) is 0 Å². The van der Waals surface area contributed by atoms with Gasteiger partial charge < -0.3 is 21.9 Å². The number of Topliss-reactive ketones (excluding diaryl/α,β-unsaturated/α-hetero) is 1. The molecule has 0 aromatic heterocycles. The predicted octanol–water partition coefficient (Wildman–Crippen LogP) is -0.169. The summed E-state index contributed by atoms with van der Waals surface area (Å²) in [5.41, 5.74) is 8.63. The largest absolute Gasteiger partial charge is 0.480 e. The number of aliphatic carboxylic acids is 1. The lowest BCUT2D eigenvalue weighted by atomic mass is 9.79. The van der Waals surface area contributed by atoms with Crippen LogP contribution < -0.4 is 16.8 Å². The zero-order valence-corrected chi connectivity index (χ0v) is 10.9. The van der Waals surface area contributed by atoms with Crippen LogP contribution in [0.15, 0.2) is 0 Å². The fraction of sp³-hybridized carbons (Fsp3) is 0.727. The van der Waals surface area contributed by atoms with Crippen molar-refractivity contribution in [2.24, 2.45) is 17.4 Å². The monoisotopic (exact) mass is 259 g/mol. The van der Waals surface area contributed by atoms with E-state index in [-0.39, 0.29) is 0 Å². The highest BCUT2D eigenvalue weighted by molar-refractivity contribution is 6.10. The van der Waals surface area contributed by atoms with E-state index in [0.717, 1.165) is 0 Å². The van der Waals surface area contributed by atoms with E-state index in [1.165, 1.54) is 0 Å². The Labute approximate surface area is 106 Å². The molecule has 7 heteroatoms. The van der Waals surface area contributed by atoms with Gasteiger partial charge in [0.15, 0.2) is 11.3 Å². The number of carboxylic acids is 1. The van der Waals surface area contributed by atoms with E-state index in [0.29, 0.717) is 12.8 Å². The average molecular weight is 259 g/mol. The van der Waals surface area contributed by atoms with E-state index >= 15 is 0 Å². The maximum Gasteiger partial charge on any atom is 0.331 e. The van der Waals surface area contributed by atoms with Gasteiger partial charge in [0.1, 0.15) is 0 Å². The molecule has 7 nitrogen and oxygen atoms in total. The van der Waals surface area contributed by atoms with Gasteiger partial charge in [0.05, 0.1) is 6.04 Å². The normalized spacial score (nSPS) is 15.8. The highest BCUT2D eigenvalue weighted by Crippen LogP contribution is 2.19. The molecule has 0 aliphatic rings. The molecule has 0 radical (unpaired) electrons. The average Bonchev–Trinajstić information content (AvgIpc) is 2.25. The van der Waals surface area contributed by atoms with E-state index in [9.17, 15) is 14.4 Å². The molecule has 0 fully saturated rings. The summed E-state index contributed by atoms with van der Waals surface area (Å²) in [6.45, 7) is 4.88. The summed E-state index contributed by atoms with van der Waals surface area (Å²) in [5, 5.41) is 11.4. The van der Waals surface area contributed by atoms with Crippen molar-refractivity contribution < 1.29 is 19.5 Å². The fourth-order valence-corrected chi connectivity index (χ4v) is 1.65. The molecule has 0 heterocycles. The van der Waals surface area contributed by atoms with Crippen molar-refractivity contribution in [3.05, 3.63) is 0 Å². The first-order valence-electron chi connectivity index (χ1n) is 5.80. The lowest BCUT2D eigenvalue weighted by Gasteiger charge is -2.31. The lowest BCUT2D eigenvalue weighted by molar-refractivity contribution is -0.151. The lowest BCUT2D eigenvalue weighted by Crippen LogP contribution is -2.64. The van der Waals surface area contributed by atoms with E-state index in [1.54, 1.807) is 20.8 Å². The Balaban J connectivity index is 5.25. The van der Waals surface area contributed by atoms with E-state index < -0.39 is 35.3 Å². The van der Waals surface area contributed by atoms with Crippen LogP contribution in [0.2, 0.25) is 0 Å². The number of hydrogen-bond acceptors (Lipinski definition) is 4. The Kier molecular flexibility index (Phi) is 5.77. The molecule has 0 saturated heterocycles. The van der Waals surface area contributed by atoms with Crippen LogP contribution in [0.25, 0.3) is 0 Å². The second kappa shape index (κ2) is 6.34. The van der Waals surface area contributed by atoms with Crippen molar-refractivity contribution in [1.82, 2.24) is 5.32 Å². The Morgan fingerprint density at radius 3 is 2.11 bits per heavy atom. The first-order valence-corrected chi connectivity index (χ1v) is 5.80. The standard InChI is InChI=1S/C11H21N3O4/c1-4-5-7(14-10(12)18)8(15)11(13,6(2)3)9(16)17/h6-7H,4-5,13H2,1-3H3,(H,16,17)(H3,12,14,18). The van der Waals surface area contributed by atoms with E-state index in [4.69, 9.17) is 16.6 Å². The Morgan fingerprint density at radius 2 is 1.83 bits per heavy atom. The number of ketones is 1. The molecule has 0 aromatic rings. The number of nitrogens with one attached hydrogen (secondary N) is 1. The maximum atomic E-state index is 12.2. The van der Waals surface area contributed by atoms with Crippen LogP contribution >= 0.6 is 0 Å². The molecule has 2 amide bonds. The molecule has 0 aromatic carbocycles. The zero-order chi connectivity index (χ0) is 14.5. The first kappa shape index (κ1) is 16.4. The molecule has 104 valence electrons. The van der Waals surface area contributed by atoms with Crippen LogP contribution in [0.1, 0.15) is 33.6 Å². The fourth-order valence-electron chi connectivity index (χ4n) is 1.65. The summed E-state index contributed by atoms with van der Waals surface area (Å²) in [6.07, 6.45) is 0.880. The molecule has 0 saturated carbocycles.